The number of nitrogens with two attached hydrogens (primary N) is 1. The van der Waals surface area contributed by atoms with Crippen LogP contribution in [0.25, 0.3) is 0 Å². The van der Waals surface area contributed by atoms with Gasteiger partial charge < -0.3 is 9.47 Å². The Morgan fingerprint density at radius 3 is 2.59 bits per heavy atom. The maximum Gasteiger partial charge on any atom is 0.265 e. The third-order valence-electron chi connectivity index (χ3n) is 5.42. The molecule has 6 heteroatoms. The monoisotopic (exact) mass is 425 g/mol. The van der Waals surface area contributed by atoms with E-state index in [9.17, 15) is 0 Å². The summed E-state index contributed by atoms with van der Waals surface area (Å²) in [5, 5.41) is 0. The van der Waals surface area contributed by atoms with Crippen LogP contribution < -0.4 is 15.3 Å². The lowest BCUT2D eigenvalue weighted by Gasteiger charge is -2.26. The molecule has 1 unspecified atom stereocenters. The van der Waals surface area contributed by atoms with E-state index in [4.69, 9.17) is 20.3 Å². The highest BCUT2D eigenvalue weighted by Gasteiger charge is 2.45. The number of hydrogen-bond donors (Lipinski definition) is 1. The molecule has 0 aromatic heterocycles. The smallest absolute Gasteiger partial charge is 0.265 e. The van der Waals surface area contributed by atoms with Gasteiger partial charge >= 0.3 is 0 Å². The molecule has 2 aliphatic heterocycles. The Balaban J connectivity index is 1.52. The molecule has 2 aromatic rings. The van der Waals surface area contributed by atoms with Crippen molar-refractivity contribution in [1.82, 2.24) is 0 Å². The molecule has 6 nitrogen and oxygen atoms in total. The van der Waals surface area contributed by atoms with Gasteiger partial charge in [-0.2, -0.15) is 10.8 Å². The van der Waals surface area contributed by atoms with Crippen LogP contribution in [-0.4, -0.2) is 22.7 Å². The summed E-state index contributed by atoms with van der Waals surface area (Å²) < 4.78 is 12.2. The zero-order valence-electron chi connectivity index (χ0n) is 18.1. The Morgan fingerprint density at radius 1 is 1.06 bits per heavy atom. The van der Waals surface area contributed by atoms with E-state index in [0.29, 0.717) is 23.9 Å². The fourth-order valence-corrected chi connectivity index (χ4v) is 3.79. The van der Waals surface area contributed by atoms with E-state index in [1.807, 2.05) is 86.8 Å². The van der Waals surface area contributed by atoms with E-state index in [0.717, 1.165) is 28.1 Å². The van der Waals surface area contributed by atoms with Crippen LogP contribution in [0.3, 0.4) is 0 Å². The van der Waals surface area contributed by atoms with Crippen LogP contribution in [-0.2, 0) is 6.61 Å². The fraction of sp³-hybridized carbons (Fsp3) is 0.154. The highest BCUT2D eigenvalue weighted by atomic mass is 16.5. The van der Waals surface area contributed by atoms with Gasteiger partial charge in [0.2, 0.25) is 5.70 Å². The van der Waals surface area contributed by atoms with Gasteiger partial charge in [0, 0.05) is 5.57 Å². The van der Waals surface area contributed by atoms with Crippen molar-refractivity contribution >= 4 is 12.1 Å². The number of aliphatic imine (C=N–C) groups is 2. The zero-order valence-corrected chi connectivity index (χ0v) is 18.1. The van der Waals surface area contributed by atoms with E-state index in [1.165, 1.54) is 0 Å². The molecule has 2 aromatic carbocycles. The molecule has 0 spiro atoms. The molecule has 160 valence electrons. The zero-order chi connectivity index (χ0) is 22.1. The Hall–Kier alpha value is -3.74. The molecule has 0 bridgehead atoms. The van der Waals surface area contributed by atoms with Gasteiger partial charge in [0.05, 0.1) is 24.1 Å². The van der Waals surface area contributed by atoms with Gasteiger partial charge in [-0.05, 0) is 37.6 Å². The largest absolute Gasteiger partial charge is 0.487 e. The minimum Gasteiger partial charge on any atom is -0.487 e. The molecule has 3 aliphatic rings. The van der Waals surface area contributed by atoms with Crippen LogP contribution in [0.15, 0.2) is 106 Å². The molecular weight excluding hydrogens is 400 g/mol. The summed E-state index contributed by atoms with van der Waals surface area (Å²) in [7, 11) is 0. The van der Waals surface area contributed by atoms with Gasteiger partial charge in [0.25, 0.3) is 5.84 Å². The van der Waals surface area contributed by atoms with Crippen LogP contribution in [0.2, 0.25) is 0 Å². The summed E-state index contributed by atoms with van der Waals surface area (Å²) in [6.07, 6.45) is 11.4. The molecule has 1 aliphatic carbocycles. The second-order valence-corrected chi connectivity index (χ2v) is 8.11. The van der Waals surface area contributed by atoms with E-state index >= 15 is 0 Å². The minimum atomic E-state index is -0.0352. The quantitative estimate of drug-likeness (QED) is 0.513. The maximum absolute atomic E-state index is 6.83. The number of allylic oxidation sites excluding steroid dienone is 4. The number of rotatable bonds is 7. The van der Waals surface area contributed by atoms with Crippen LogP contribution in [0.1, 0.15) is 25.0 Å². The molecule has 2 heterocycles. The van der Waals surface area contributed by atoms with Crippen molar-refractivity contribution in [2.24, 2.45) is 15.8 Å². The predicted octanol–water partition coefficient (Wildman–Crippen LogP) is 4.77. The van der Waals surface area contributed by atoms with Crippen molar-refractivity contribution in [3.05, 3.63) is 107 Å². The van der Waals surface area contributed by atoms with Crippen LogP contribution in [0, 0.1) is 0 Å². The Bertz CT molecular complexity index is 1240. The molecule has 0 amide bonds. The van der Waals surface area contributed by atoms with E-state index in [2.05, 4.69) is 4.99 Å². The fourth-order valence-electron chi connectivity index (χ4n) is 3.79. The van der Waals surface area contributed by atoms with Gasteiger partial charge in [-0.3, -0.25) is 4.99 Å². The molecule has 5 rings (SSSR count). The van der Waals surface area contributed by atoms with E-state index in [1.54, 1.807) is 12.4 Å². The van der Waals surface area contributed by atoms with Gasteiger partial charge in [-0.15, -0.1) is 4.59 Å². The Labute approximate surface area is 187 Å². The first kappa shape index (κ1) is 20.2. The van der Waals surface area contributed by atoms with Crippen LogP contribution in [0.4, 0.5) is 0 Å². The summed E-state index contributed by atoms with van der Waals surface area (Å²) in [4.78, 5) is 9.21. The summed E-state index contributed by atoms with van der Waals surface area (Å²) >= 11 is 0. The van der Waals surface area contributed by atoms with E-state index < -0.39 is 0 Å². The second kappa shape index (κ2) is 8.07. The van der Waals surface area contributed by atoms with Crippen molar-refractivity contribution < 1.29 is 14.1 Å². The van der Waals surface area contributed by atoms with Crippen LogP contribution >= 0.6 is 0 Å². The minimum absolute atomic E-state index is 0.0232. The number of benzene rings is 2. The topological polar surface area (TPSA) is 69.2 Å². The second-order valence-electron chi connectivity index (χ2n) is 8.11. The third-order valence-corrected chi connectivity index (χ3v) is 5.42. The number of hydrogen-bond acceptors (Lipinski definition) is 5. The molecule has 2 N–H and O–H groups in total. The van der Waals surface area contributed by atoms with Gasteiger partial charge in [0.15, 0.2) is 11.5 Å². The SMILES string of the molecule is CC(C)Oc1ccc(C2=NC(C3=CC=C3)=C3C=NC=C[N+]23N)cc1OCc1ccccc1. The Kier molecular flexibility index (Phi) is 5.09. The first-order chi connectivity index (χ1) is 15.5. The normalized spacial score (nSPS) is 20.8. The van der Waals surface area contributed by atoms with Crippen molar-refractivity contribution in [3.8, 4) is 11.5 Å². The third kappa shape index (κ3) is 3.60. The molecule has 32 heavy (non-hydrogen) atoms. The van der Waals surface area contributed by atoms with E-state index in [-0.39, 0.29) is 10.7 Å². The average Bonchev–Trinajstić information content (AvgIpc) is 3.05. The van der Waals surface area contributed by atoms with Crippen molar-refractivity contribution in [2.75, 3.05) is 0 Å². The van der Waals surface area contributed by atoms with Crippen molar-refractivity contribution in [3.63, 3.8) is 0 Å². The molecule has 0 saturated carbocycles. The lowest BCUT2D eigenvalue weighted by molar-refractivity contribution is -0.750. The first-order valence-corrected chi connectivity index (χ1v) is 10.6. The number of ether oxygens (including phenoxy) is 2. The number of nitrogens with zero attached hydrogens (tertiary/aromatic N) is 3. The molecule has 1 atom stereocenters. The van der Waals surface area contributed by atoms with Crippen molar-refractivity contribution in [1.29, 1.82) is 0 Å². The first-order valence-electron chi connectivity index (χ1n) is 10.6. The summed E-state index contributed by atoms with van der Waals surface area (Å²) in [5.74, 6) is 8.88. The molecular formula is C26H25N4O2+. The highest BCUT2D eigenvalue weighted by Crippen LogP contribution is 2.38. The number of fused-ring (bicyclic) bond motifs is 1. The summed E-state index contributed by atoms with van der Waals surface area (Å²) in [6.45, 7) is 4.43. The molecule has 0 radical (unpaired) electrons. The molecule has 0 fully saturated rings. The predicted molar refractivity (Wildman–Crippen MR) is 126 cm³/mol. The lowest BCUT2D eigenvalue weighted by Crippen LogP contribution is -2.53. The summed E-state index contributed by atoms with van der Waals surface area (Å²) in [6, 6.07) is 15.9. The Morgan fingerprint density at radius 2 is 1.88 bits per heavy atom. The average molecular weight is 426 g/mol. The van der Waals surface area contributed by atoms with Gasteiger partial charge in [-0.1, -0.05) is 48.6 Å². The number of quaternary nitrogens is 1. The van der Waals surface area contributed by atoms with Crippen LogP contribution in [0.5, 0.6) is 11.5 Å². The standard InChI is InChI=1S/C26H25N4O2/c1-18(2)32-23-12-11-21(15-24(23)31-17-19-7-4-3-5-8-19)26-29-25(20-9-6-10-20)22-16-28-13-14-30(22,26)27/h3-16,18H,17,27H2,1-2H3/q+1. The highest BCUT2D eigenvalue weighted by molar-refractivity contribution is 6.01. The van der Waals surface area contributed by atoms with Crippen molar-refractivity contribution in [2.45, 2.75) is 26.6 Å². The number of amidine groups is 1. The lowest BCUT2D eigenvalue weighted by atomic mass is 10.0. The van der Waals surface area contributed by atoms with Gasteiger partial charge in [0.1, 0.15) is 18.5 Å². The molecule has 0 saturated heterocycles. The van der Waals surface area contributed by atoms with Gasteiger partial charge in [-0.25, -0.2) is 0 Å². The summed E-state index contributed by atoms with van der Waals surface area (Å²) in [5.41, 5.74) is 4.67. The maximum atomic E-state index is 6.83.